The van der Waals surface area contributed by atoms with Crippen molar-refractivity contribution in [2.75, 3.05) is 5.32 Å². The van der Waals surface area contributed by atoms with E-state index in [4.69, 9.17) is 5.73 Å². The zero-order chi connectivity index (χ0) is 10.8. The first kappa shape index (κ1) is 9.92. The fourth-order valence-electron chi connectivity index (χ4n) is 1.43. The van der Waals surface area contributed by atoms with Crippen LogP contribution in [0.3, 0.4) is 0 Å². The van der Waals surface area contributed by atoms with Crippen LogP contribution in [0.2, 0.25) is 0 Å². The zero-order valence-corrected chi connectivity index (χ0v) is 8.94. The van der Waals surface area contributed by atoms with Gasteiger partial charge in [0.1, 0.15) is 5.82 Å². The Bertz CT molecular complexity index is 460. The van der Waals surface area contributed by atoms with E-state index in [1.54, 1.807) is 10.7 Å². The first-order valence-corrected chi connectivity index (χ1v) is 5.01. The van der Waals surface area contributed by atoms with Gasteiger partial charge in [-0.15, -0.1) is 5.10 Å². The molecule has 5 nitrogen and oxygen atoms in total. The number of rotatable bonds is 3. The van der Waals surface area contributed by atoms with Crippen LogP contribution in [0.5, 0.6) is 0 Å². The molecule has 0 spiro atoms. The molecular weight excluding hydrogens is 190 g/mol. The van der Waals surface area contributed by atoms with Crippen molar-refractivity contribution in [2.24, 2.45) is 5.73 Å². The highest BCUT2D eigenvalue weighted by Crippen LogP contribution is 2.09. The molecule has 80 valence electrons. The fourth-order valence-corrected chi connectivity index (χ4v) is 1.43. The Morgan fingerprint density at radius 1 is 1.47 bits per heavy atom. The second-order valence-electron chi connectivity index (χ2n) is 3.74. The maximum Gasteiger partial charge on any atom is 0.153 e. The predicted octanol–water partition coefficient (Wildman–Crippen LogP) is 1.01. The highest BCUT2D eigenvalue weighted by molar-refractivity contribution is 5.45. The van der Waals surface area contributed by atoms with Crippen LogP contribution in [-0.2, 0) is 6.54 Å². The molecule has 0 aliphatic rings. The van der Waals surface area contributed by atoms with Crippen molar-refractivity contribution in [1.82, 2.24) is 14.6 Å². The van der Waals surface area contributed by atoms with Crippen LogP contribution in [0.15, 0.2) is 18.3 Å². The molecule has 3 N–H and O–H groups in total. The number of hydrogen-bond donors (Lipinski definition) is 2. The van der Waals surface area contributed by atoms with Crippen molar-refractivity contribution in [3.63, 3.8) is 0 Å². The highest BCUT2D eigenvalue weighted by atomic mass is 15.3. The molecule has 0 aliphatic heterocycles. The number of nitrogens with one attached hydrogen (secondary N) is 1. The molecule has 0 aliphatic carbocycles. The first-order chi connectivity index (χ1) is 7.20. The normalized spacial score (nSPS) is 11.2. The molecular formula is C10H15N5. The van der Waals surface area contributed by atoms with Crippen molar-refractivity contribution in [2.45, 2.75) is 26.4 Å². The largest absolute Gasteiger partial charge is 0.366 e. The summed E-state index contributed by atoms with van der Waals surface area (Å²) in [6.45, 7) is 4.59. The molecule has 0 radical (unpaired) electrons. The summed E-state index contributed by atoms with van der Waals surface area (Å²) in [6, 6.07) is 4.21. The second kappa shape index (κ2) is 3.86. The number of anilines is 1. The third-order valence-corrected chi connectivity index (χ3v) is 2.08. The Morgan fingerprint density at radius 2 is 2.27 bits per heavy atom. The van der Waals surface area contributed by atoms with Crippen LogP contribution in [0.1, 0.15) is 19.5 Å². The summed E-state index contributed by atoms with van der Waals surface area (Å²) in [5, 5.41) is 7.65. The summed E-state index contributed by atoms with van der Waals surface area (Å²) in [7, 11) is 0. The van der Waals surface area contributed by atoms with E-state index in [2.05, 4.69) is 29.2 Å². The minimum absolute atomic E-state index is 0.361. The summed E-state index contributed by atoms with van der Waals surface area (Å²) in [4.78, 5) is 4.20. The molecule has 0 fully saturated rings. The van der Waals surface area contributed by atoms with Crippen molar-refractivity contribution >= 4 is 11.5 Å². The minimum Gasteiger partial charge on any atom is -0.366 e. The topological polar surface area (TPSA) is 68.2 Å². The van der Waals surface area contributed by atoms with E-state index < -0.39 is 0 Å². The molecule has 2 rings (SSSR count). The third-order valence-electron chi connectivity index (χ3n) is 2.08. The van der Waals surface area contributed by atoms with Gasteiger partial charge in [0.05, 0.1) is 11.9 Å². The van der Waals surface area contributed by atoms with Gasteiger partial charge in [0, 0.05) is 12.6 Å². The standard InChI is InChI=1S/C10H15N5/c1-7(2)13-9-3-4-10-12-6-8(5-11)15(10)14-9/h3-4,6-7H,5,11H2,1-2H3,(H,13,14). The number of imidazole rings is 1. The van der Waals surface area contributed by atoms with Gasteiger partial charge in [0.2, 0.25) is 0 Å². The van der Waals surface area contributed by atoms with Crippen molar-refractivity contribution in [3.05, 3.63) is 24.0 Å². The van der Waals surface area contributed by atoms with E-state index in [0.29, 0.717) is 12.6 Å². The van der Waals surface area contributed by atoms with Gasteiger partial charge in [-0.1, -0.05) is 0 Å². The van der Waals surface area contributed by atoms with Crippen LogP contribution < -0.4 is 11.1 Å². The maximum absolute atomic E-state index is 5.59. The lowest BCUT2D eigenvalue weighted by molar-refractivity contribution is 0.821. The SMILES string of the molecule is CC(C)Nc1ccc2ncc(CN)n2n1. The number of fused-ring (bicyclic) bond motifs is 1. The summed E-state index contributed by atoms with van der Waals surface area (Å²) in [5.74, 6) is 0.838. The lowest BCUT2D eigenvalue weighted by Gasteiger charge is -2.09. The monoisotopic (exact) mass is 205 g/mol. The van der Waals surface area contributed by atoms with Gasteiger partial charge >= 0.3 is 0 Å². The van der Waals surface area contributed by atoms with Gasteiger partial charge in [-0.25, -0.2) is 9.50 Å². The Morgan fingerprint density at radius 3 is 2.93 bits per heavy atom. The molecule has 2 aromatic heterocycles. The highest BCUT2D eigenvalue weighted by Gasteiger charge is 2.04. The molecule has 0 atom stereocenters. The van der Waals surface area contributed by atoms with E-state index in [1.807, 2.05) is 12.1 Å². The van der Waals surface area contributed by atoms with E-state index in [9.17, 15) is 0 Å². The van der Waals surface area contributed by atoms with Crippen LogP contribution >= 0.6 is 0 Å². The fraction of sp³-hybridized carbons (Fsp3) is 0.400. The Balaban J connectivity index is 2.43. The van der Waals surface area contributed by atoms with Gasteiger partial charge in [0.25, 0.3) is 0 Å². The molecule has 0 saturated heterocycles. The summed E-state index contributed by atoms with van der Waals surface area (Å²) < 4.78 is 1.77. The number of aromatic nitrogens is 3. The maximum atomic E-state index is 5.59. The second-order valence-corrected chi connectivity index (χ2v) is 3.74. The lowest BCUT2D eigenvalue weighted by atomic mass is 10.4. The third kappa shape index (κ3) is 1.92. The smallest absolute Gasteiger partial charge is 0.153 e. The lowest BCUT2D eigenvalue weighted by Crippen LogP contribution is -2.13. The number of hydrogen-bond acceptors (Lipinski definition) is 4. The summed E-state index contributed by atoms with van der Waals surface area (Å²) in [5.41, 5.74) is 7.33. The van der Waals surface area contributed by atoms with Crippen molar-refractivity contribution < 1.29 is 0 Å². The Hall–Kier alpha value is -1.62. The Labute approximate surface area is 88.3 Å². The van der Waals surface area contributed by atoms with Gasteiger partial charge in [-0.2, -0.15) is 0 Å². The van der Waals surface area contributed by atoms with Gasteiger partial charge in [-0.3, -0.25) is 0 Å². The zero-order valence-electron chi connectivity index (χ0n) is 8.94. The van der Waals surface area contributed by atoms with E-state index in [0.717, 1.165) is 17.2 Å². The number of nitrogens with two attached hydrogens (primary N) is 1. The molecule has 15 heavy (non-hydrogen) atoms. The van der Waals surface area contributed by atoms with Gasteiger partial charge in [0.15, 0.2) is 5.65 Å². The van der Waals surface area contributed by atoms with E-state index in [1.165, 1.54) is 0 Å². The average molecular weight is 205 g/mol. The van der Waals surface area contributed by atoms with Gasteiger partial charge < -0.3 is 11.1 Å². The Kier molecular flexibility index (Phi) is 2.55. The van der Waals surface area contributed by atoms with Gasteiger partial charge in [-0.05, 0) is 26.0 Å². The van der Waals surface area contributed by atoms with Crippen molar-refractivity contribution in [3.8, 4) is 0 Å². The number of nitrogens with zero attached hydrogens (tertiary/aromatic N) is 3. The molecule has 0 amide bonds. The molecule has 0 saturated carbocycles. The van der Waals surface area contributed by atoms with Crippen LogP contribution in [-0.4, -0.2) is 20.6 Å². The quantitative estimate of drug-likeness (QED) is 0.784. The first-order valence-electron chi connectivity index (χ1n) is 5.01. The summed E-state index contributed by atoms with van der Waals surface area (Å²) >= 11 is 0. The average Bonchev–Trinajstić information content (AvgIpc) is 2.59. The molecule has 2 aromatic rings. The van der Waals surface area contributed by atoms with E-state index >= 15 is 0 Å². The minimum atomic E-state index is 0.361. The molecule has 0 unspecified atom stereocenters. The van der Waals surface area contributed by atoms with Crippen LogP contribution in [0, 0.1) is 0 Å². The summed E-state index contributed by atoms with van der Waals surface area (Å²) in [6.07, 6.45) is 1.75. The van der Waals surface area contributed by atoms with Crippen LogP contribution in [0.4, 0.5) is 5.82 Å². The molecule has 0 bridgehead atoms. The van der Waals surface area contributed by atoms with E-state index in [-0.39, 0.29) is 0 Å². The van der Waals surface area contributed by atoms with Crippen molar-refractivity contribution in [1.29, 1.82) is 0 Å². The van der Waals surface area contributed by atoms with Crippen LogP contribution in [0.25, 0.3) is 5.65 Å². The molecule has 5 heteroatoms. The molecule has 0 aromatic carbocycles. The molecule has 2 heterocycles. The predicted molar refractivity (Wildman–Crippen MR) is 59.6 cm³/mol.